The average molecular weight is 193 g/mol. The van der Waals surface area contributed by atoms with Crippen LogP contribution in [0.1, 0.15) is 5.56 Å². The van der Waals surface area contributed by atoms with Gasteiger partial charge >= 0.3 is 0 Å². The number of fused-ring (bicyclic) bond motifs is 1. The summed E-state index contributed by atoms with van der Waals surface area (Å²) in [6, 6.07) is 3.05. The Morgan fingerprint density at radius 2 is 2.14 bits per heavy atom. The van der Waals surface area contributed by atoms with Crippen LogP contribution in [-0.2, 0) is 6.42 Å². The Morgan fingerprint density at radius 3 is 2.86 bits per heavy atom. The lowest BCUT2D eigenvalue weighted by Crippen LogP contribution is -2.02. The van der Waals surface area contributed by atoms with Crippen LogP contribution in [-0.4, -0.2) is 11.5 Å². The Labute approximate surface area is 80.9 Å². The quantitative estimate of drug-likeness (QED) is 0.631. The molecular formula is C10H12FN3. The molecule has 0 aliphatic carbocycles. The largest absolute Gasteiger partial charge is 0.396 e. The summed E-state index contributed by atoms with van der Waals surface area (Å²) in [5, 5.41) is 0.863. The summed E-state index contributed by atoms with van der Waals surface area (Å²) in [4.78, 5) is 3.04. The summed E-state index contributed by atoms with van der Waals surface area (Å²) in [5.74, 6) is -0.379. The highest BCUT2D eigenvalue weighted by molar-refractivity contribution is 5.86. The highest BCUT2D eigenvalue weighted by Crippen LogP contribution is 2.23. The topological polar surface area (TPSA) is 67.8 Å². The minimum absolute atomic E-state index is 0.165. The number of nitrogens with one attached hydrogen (secondary N) is 1. The van der Waals surface area contributed by atoms with Crippen molar-refractivity contribution >= 4 is 16.6 Å². The summed E-state index contributed by atoms with van der Waals surface area (Å²) in [5.41, 5.74) is 12.9. The van der Waals surface area contributed by atoms with E-state index in [2.05, 4.69) is 4.98 Å². The maximum Gasteiger partial charge on any atom is 0.146 e. The Hall–Kier alpha value is -1.55. The lowest BCUT2D eigenvalue weighted by Gasteiger charge is -1.98. The second-order valence-electron chi connectivity index (χ2n) is 3.27. The molecule has 3 nitrogen and oxygen atoms in total. The van der Waals surface area contributed by atoms with Gasteiger partial charge in [0.25, 0.3) is 0 Å². The van der Waals surface area contributed by atoms with Gasteiger partial charge in [-0.25, -0.2) is 4.39 Å². The molecule has 1 aromatic heterocycles. The van der Waals surface area contributed by atoms with E-state index >= 15 is 0 Å². The maximum absolute atomic E-state index is 13.2. The van der Waals surface area contributed by atoms with Crippen LogP contribution in [0.25, 0.3) is 10.9 Å². The first-order valence-electron chi connectivity index (χ1n) is 4.47. The minimum atomic E-state index is -0.379. The number of H-pyrrole nitrogens is 1. The second kappa shape index (κ2) is 3.31. The van der Waals surface area contributed by atoms with E-state index in [9.17, 15) is 4.39 Å². The van der Waals surface area contributed by atoms with Crippen LogP contribution < -0.4 is 11.5 Å². The van der Waals surface area contributed by atoms with Crippen LogP contribution in [0.5, 0.6) is 0 Å². The molecular weight excluding hydrogens is 181 g/mol. The molecule has 74 valence electrons. The second-order valence-corrected chi connectivity index (χ2v) is 3.27. The average Bonchev–Trinajstić information content (AvgIpc) is 2.51. The molecule has 2 rings (SSSR count). The van der Waals surface area contributed by atoms with E-state index in [1.54, 1.807) is 6.07 Å². The van der Waals surface area contributed by atoms with Crippen LogP contribution in [0, 0.1) is 5.82 Å². The molecule has 2 aromatic rings. The van der Waals surface area contributed by atoms with Gasteiger partial charge in [0.05, 0.1) is 5.69 Å². The number of benzene rings is 1. The molecule has 0 atom stereocenters. The molecule has 0 bridgehead atoms. The zero-order valence-corrected chi connectivity index (χ0v) is 7.68. The number of hydrogen-bond acceptors (Lipinski definition) is 2. The van der Waals surface area contributed by atoms with Gasteiger partial charge in [-0.1, -0.05) is 0 Å². The van der Waals surface area contributed by atoms with E-state index in [4.69, 9.17) is 11.5 Å². The van der Waals surface area contributed by atoms with Crippen molar-refractivity contribution in [3.8, 4) is 0 Å². The van der Waals surface area contributed by atoms with Crippen molar-refractivity contribution in [3.63, 3.8) is 0 Å². The third-order valence-corrected chi connectivity index (χ3v) is 2.30. The highest BCUT2D eigenvalue weighted by atomic mass is 19.1. The first-order chi connectivity index (χ1) is 6.72. The molecule has 0 amide bonds. The van der Waals surface area contributed by atoms with Gasteiger partial charge in [0.2, 0.25) is 0 Å². The first-order valence-corrected chi connectivity index (χ1v) is 4.47. The van der Waals surface area contributed by atoms with Crippen molar-refractivity contribution in [2.45, 2.75) is 6.42 Å². The van der Waals surface area contributed by atoms with Crippen molar-refractivity contribution in [2.75, 3.05) is 12.3 Å². The standard InChI is InChI=1S/C10H12FN3/c11-8-3-7-6(1-2-12)5-14-10(7)4-9(8)13/h3-5,14H,1-2,12-13H2. The number of halogens is 1. The van der Waals surface area contributed by atoms with Crippen LogP contribution in [0.3, 0.4) is 0 Å². The number of rotatable bonds is 2. The fourth-order valence-corrected chi connectivity index (χ4v) is 1.58. The van der Waals surface area contributed by atoms with E-state index < -0.39 is 0 Å². The van der Waals surface area contributed by atoms with Gasteiger partial charge in [-0.15, -0.1) is 0 Å². The summed E-state index contributed by atoms with van der Waals surface area (Å²) in [7, 11) is 0. The predicted molar refractivity (Wildman–Crippen MR) is 55.4 cm³/mol. The van der Waals surface area contributed by atoms with Gasteiger partial charge in [0, 0.05) is 17.1 Å². The summed E-state index contributed by atoms with van der Waals surface area (Å²) < 4.78 is 13.2. The lowest BCUT2D eigenvalue weighted by molar-refractivity contribution is 0.634. The van der Waals surface area contributed by atoms with Crippen molar-refractivity contribution in [2.24, 2.45) is 5.73 Å². The minimum Gasteiger partial charge on any atom is -0.396 e. The van der Waals surface area contributed by atoms with Crippen molar-refractivity contribution < 1.29 is 4.39 Å². The fraction of sp³-hybridized carbons (Fsp3) is 0.200. The third kappa shape index (κ3) is 1.33. The van der Waals surface area contributed by atoms with Crippen molar-refractivity contribution in [3.05, 3.63) is 29.7 Å². The van der Waals surface area contributed by atoms with E-state index in [1.165, 1.54) is 6.07 Å². The van der Waals surface area contributed by atoms with E-state index in [1.807, 2.05) is 6.20 Å². The number of aromatic nitrogens is 1. The molecule has 0 aliphatic rings. The molecule has 0 unspecified atom stereocenters. The Bertz CT molecular complexity index is 462. The highest BCUT2D eigenvalue weighted by Gasteiger charge is 2.06. The SMILES string of the molecule is NCCc1c[nH]c2cc(N)c(F)cc12. The van der Waals surface area contributed by atoms with Crippen LogP contribution in [0.2, 0.25) is 0 Å². The zero-order valence-electron chi connectivity index (χ0n) is 7.68. The molecule has 4 heteroatoms. The lowest BCUT2D eigenvalue weighted by atomic mass is 10.1. The summed E-state index contributed by atoms with van der Waals surface area (Å²) in [6.45, 7) is 0.555. The van der Waals surface area contributed by atoms with Crippen molar-refractivity contribution in [1.82, 2.24) is 4.98 Å². The van der Waals surface area contributed by atoms with Gasteiger partial charge in [-0.2, -0.15) is 0 Å². The van der Waals surface area contributed by atoms with Crippen LogP contribution in [0.4, 0.5) is 10.1 Å². The first kappa shape index (κ1) is 9.02. The monoisotopic (exact) mass is 193 g/mol. The number of anilines is 1. The van der Waals surface area contributed by atoms with Gasteiger partial charge in [-0.05, 0) is 30.7 Å². The molecule has 1 heterocycles. The fourth-order valence-electron chi connectivity index (χ4n) is 1.58. The molecule has 0 fully saturated rings. The number of nitrogens with two attached hydrogens (primary N) is 2. The van der Waals surface area contributed by atoms with Crippen LogP contribution >= 0.6 is 0 Å². The Balaban J connectivity index is 2.61. The third-order valence-electron chi connectivity index (χ3n) is 2.30. The Morgan fingerprint density at radius 1 is 1.36 bits per heavy atom. The van der Waals surface area contributed by atoms with Crippen LogP contribution in [0.15, 0.2) is 18.3 Å². The molecule has 0 saturated carbocycles. The molecule has 5 N–H and O–H groups in total. The van der Waals surface area contributed by atoms with E-state index in [-0.39, 0.29) is 11.5 Å². The summed E-state index contributed by atoms with van der Waals surface area (Å²) >= 11 is 0. The molecule has 14 heavy (non-hydrogen) atoms. The normalized spacial score (nSPS) is 11.0. The smallest absolute Gasteiger partial charge is 0.146 e. The molecule has 0 radical (unpaired) electrons. The maximum atomic E-state index is 13.2. The van der Waals surface area contributed by atoms with Gasteiger partial charge in [-0.3, -0.25) is 0 Å². The molecule has 0 saturated heterocycles. The van der Waals surface area contributed by atoms with Gasteiger partial charge < -0.3 is 16.5 Å². The number of hydrogen-bond donors (Lipinski definition) is 3. The number of aromatic amines is 1. The predicted octanol–water partition coefficient (Wildman–Crippen LogP) is 1.39. The Kier molecular flexibility index (Phi) is 2.13. The molecule has 0 spiro atoms. The molecule has 1 aromatic carbocycles. The molecule has 0 aliphatic heterocycles. The zero-order chi connectivity index (χ0) is 10.1. The number of nitrogen functional groups attached to an aromatic ring is 1. The summed E-state index contributed by atoms with van der Waals surface area (Å²) in [6.07, 6.45) is 2.58. The van der Waals surface area contributed by atoms with E-state index in [0.717, 1.165) is 22.9 Å². The van der Waals surface area contributed by atoms with Gasteiger partial charge in [0.15, 0.2) is 0 Å². The van der Waals surface area contributed by atoms with Crippen molar-refractivity contribution in [1.29, 1.82) is 0 Å². The van der Waals surface area contributed by atoms with E-state index in [0.29, 0.717) is 6.54 Å². The van der Waals surface area contributed by atoms with Gasteiger partial charge in [0.1, 0.15) is 5.82 Å².